The lowest BCUT2D eigenvalue weighted by atomic mass is 10.1. The van der Waals surface area contributed by atoms with Crippen molar-refractivity contribution < 1.29 is 18.3 Å². The van der Waals surface area contributed by atoms with Gasteiger partial charge in [-0.15, -0.1) is 10.2 Å². The Kier molecular flexibility index (Phi) is 5.23. The van der Waals surface area contributed by atoms with Crippen LogP contribution in [0.1, 0.15) is 0 Å². The highest BCUT2D eigenvalue weighted by molar-refractivity contribution is 7.91. The molecule has 0 spiro atoms. The van der Waals surface area contributed by atoms with Crippen molar-refractivity contribution in [1.82, 2.24) is 19.9 Å². The Balaban J connectivity index is 1.65. The minimum absolute atomic E-state index is 0.120. The molecule has 9 heteroatoms. The zero-order valence-electron chi connectivity index (χ0n) is 16.3. The summed E-state index contributed by atoms with van der Waals surface area (Å²) >= 11 is 0. The van der Waals surface area contributed by atoms with Crippen molar-refractivity contribution in [2.24, 2.45) is 0 Å². The Morgan fingerprint density at radius 1 is 1.07 bits per heavy atom. The van der Waals surface area contributed by atoms with Gasteiger partial charge in [-0.05, 0) is 36.7 Å². The molecule has 0 fully saturated rings. The van der Waals surface area contributed by atoms with Gasteiger partial charge in [0, 0.05) is 11.9 Å². The molecule has 0 saturated carbocycles. The van der Waals surface area contributed by atoms with Gasteiger partial charge in [-0.2, -0.15) is 4.80 Å². The van der Waals surface area contributed by atoms with E-state index < -0.39 is 15.8 Å². The summed E-state index contributed by atoms with van der Waals surface area (Å²) < 4.78 is 25.5. The van der Waals surface area contributed by atoms with Gasteiger partial charge in [0.05, 0.1) is 22.9 Å². The van der Waals surface area contributed by atoms with E-state index in [-0.39, 0.29) is 23.7 Å². The largest absolute Gasteiger partial charge is 0.480 e. The van der Waals surface area contributed by atoms with Crippen LogP contribution >= 0.6 is 0 Å². The van der Waals surface area contributed by atoms with Crippen molar-refractivity contribution in [3.63, 3.8) is 0 Å². The lowest BCUT2D eigenvalue weighted by Crippen LogP contribution is -2.30. The maximum atomic E-state index is 12.7. The standard InChI is InChI=1S/C21H20N4O4S/c1-24(14-20(26)27)11-12-30(28,29)17-7-4-6-16(13-17)25-22-19-10-9-15-5-2-3-8-18(15)21(19)23-25/h2-10,13H,11-12,14H2,1H3,(H,26,27). The van der Waals surface area contributed by atoms with Crippen molar-refractivity contribution in [3.8, 4) is 5.69 Å². The summed E-state index contributed by atoms with van der Waals surface area (Å²) in [5, 5.41) is 19.9. The van der Waals surface area contributed by atoms with Gasteiger partial charge >= 0.3 is 5.97 Å². The van der Waals surface area contributed by atoms with Gasteiger partial charge in [-0.1, -0.05) is 36.4 Å². The Labute approximate surface area is 173 Å². The van der Waals surface area contributed by atoms with Crippen LogP contribution in [0.2, 0.25) is 0 Å². The molecule has 30 heavy (non-hydrogen) atoms. The van der Waals surface area contributed by atoms with E-state index in [1.54, 1.807) is 19.2 Å². The third-order valence-electron chi connectivity index (χ3n) is 4.83. The van der Waals surface area contributed by atoms with Crippen molar-refractivity contribution >= 4 is 37.6 Å². The molecule has 1 heterocycles. The molecule has 1 N–H and O–H groups in total. The number of carboxylic acids is 1. The molecule has 0 amide bonds. The fourth-order valence-corrected chi connectivity index (χ4v) is 4.64. The molecular formula is C21H20N4O4S. The third-order valence-corrected chi connectivity index (χ3v) is 6.52. The number of benzene rings is 3. The molecule has 0 atom stereocenters. The highest BCUT2D eigenvalue weighted by Gasteiger charge is 2.18. The molecule has 3 aromatic carbocycles. The smallest absolute Gasteiger partial charge is 0.317 e. The Bertz CT molecular complexity index is 1350. The van der Waals surface area contributed by atoms with E-state index in [2.05, 4.69) is 10.2 Å². The number of sulfone groups is 1. The van der Waals surface area contributed by atoms with E-state index in [1.807, 2.05) is 36.4 Å². The van der Waals surface area contributed by atoms with Gasteiger partial charge in [-0.25, -0.2) is 8.42 Å². The fraction of sp³-hybridized carbons (Fsp3) is 0.190. The molecule has 0 bridgehead atoms. The van der Waals surface area contributed by atoms with Gasteiger partial charge in [0.15, 0.2) is 9.84 Å². The Morgan fingerprint density at radius 2 is 1.87 bits per heavy atom. The van der Waals surface area contributed by atoms with Crippen molar-refractivity contribution in [1.29, 1.82) is 0 Å². The first-order valence-electron chi connectivity index (χ1n) is 9.32. The van der Waals surface area contributed by atoms with Crippen LogP contribution in [-0.2, 0) is 14.6 Å². The number of aromatic nitrogens is 3. The number of rotatable bonds is 7. The predicted molar refractivity (Wildman–Crippen MR) is 114 cm³/mol. The highest BCUT2D eigenvalue weighted by Crippen LogP contribution is 2.24. The van der Waals surface area contributed by atoms with Gasteiger partial charge < -0.3 is 5.11 Å². The summed E-state index contributed by atoms with van der Waals surface area (Å²) in [4.78, 5) is 13.8. The van der Waals surface area contributed by atoms with Crippen LogP contribution in [0.3, 0.4) is 0 Å². The third kappa shape index (κ3) is 4.03. The van der Waals surface area contributed by atoms with E-state index in [0.717, 1.165) is 21.8 Å². The zero-order valence-corrected chi connectivity index (χ0v) is 17.1. The lowest BCUT2D eigenvalue weighted by Gasteiger charge is -2.14. The van der Waals surface area contributed by atoms with Gasteiger partial charge in [0.2, 0.25) is 0 Å². The number of hydrogen-bond donors (Lipinski definition) is 1. The summed E-state index contributed by atoms with van der Waals surface area (Å²) in [6.45, 7) is -0.0952. The van der Waals surface area contributed by atoms with Crippen molar-refractivity contribution in [2.75, 3.05) is 25.9 Å². The molecule has 0 aliphatic heterocycles. The summed E-state index contributed by atoms with van der Waals surface area (Å²) in [7, 11) is -2.02. The monoisotopic (exact) mass is 424 g/mol. The van der Waals surface area contributed by atoms with Crippen molar-refractivity contribution in [2.45, 2.75) is 4.90 Å². The van der Waals surface area contributed by atoms with Crippen LogP contribution in [0, 0.1) is 0 Å². The van der Waals surface area contributed by atoms with Crippen molar-refractivity contribution in [3.05, 3.63) is 60.7 Å². The number of carboxylic acid groups (broad SMARTS) is 1. The van der Waals surface area contributed by atoms with E-state index in [4.69, 9.17) is 5.11 Å². The summed E-state index contributed by atoms with van der Waals surface area (Å²) in [6, 6.07) is 18.2. The summed E-state index contributed by atoms with van der Waals surface area (Å²) in [6.07, 6.45) is 0. The molecular weight excluding hydrogens is 404 g/mol. The van der Waals surface area contributed by atoms with Gasteiger partial charge in [0.1, 0.15) is 11.0 Å². The molecule has 1 aromatic heterocycles. The number of nitrogens with zero attached hydrogens (tertiary/aromatic N) is 4. The topological polar surface area (TPSA) is 105 Å². The van der Waals surface area contributed by atoms with Gasteiger partial charge in [-0.3, -0.25) is 9.69 Å². The molecule has 0 unspecified atom stereocenters. The minimum Gasteiger partial charge on any atom is -0.480 e. The minimum atomic E-state index is -3.59. The number of aliphatic carboxylic acids is 1. The summed E-state index contributed by atoms with van der Waals surface area (Å²) in [5.41, 5.74) is 2.00. The van der Waals surface area contributed by atoms with Crippen LogP contribution in [0.4, 0.5) is 0 Å². The number of carbonyl (C=O) groups is 1. The SMILES string of the molecule is CN(CCS(=O)(=O)c1cccc(-n2nc3ccc4ccccc4c3n2)c1)CC(=O)O. The Morgan fingerprint density at radius 3 is 2.67 bits per heavy atom. The van der Waals surface area contributed by atoms with Crippen LogP contribution in [0.15, 0.2) is 65.6 Å². The van der Waals surface area contributed by atoms with Crippen LogP contribution < -0.4 is 0 Å². The number of fused-ring (bicyclic) bond motifs is 3. The first-order valence-corrected chi connectivity index (χ1v) is 11.0. The maximum absolute atomic E-state index is 12.7. The summed E-state index contributed by atoms with van der Waals surface area (Å²) in [5.74, 6) is -1.18. The predicted octanol–water partition coefficient (Wildman–Crippen LogP) is 2.36. The second kappa shape index (κ2) is 7.85. The molecule has 0 aliphatic rings. The van der Waals surface area contributed by atoms with E-state index in [0.29, 0.717) is 5.69 Å². The van der Waals surface area contributed by atoms with E-state index in [9.17, 15) is 13.2 Å². The van der Waals surface area contributed by atoms with Crippen LogP contribution in [0.5, 0.6) is 0 Å². The average Bonchev–Trinajstić information content (AvgIpc) is 3.17. The first-order chi connectivity index (χ1) is 14.3. The fourth-order valence-electron chi connectivity index (χ4n) is 3.27. The molecule has 154 valence electrons. The average molecular weight is 424 g/mol. The van der Waals surface area contributed by atoms with E-state index in [1.165, 1.54) is 21.8 Å². The van der Waals surface area contributed by atoms with Crippen LogP contribution in [0.25, 0.3) is 27.5 Å². The molecule has 8 nitrogen and oxygen atoms in total. The second-order valence-corrected chi connectivity index (χ2v) is 9.20. The molecule has 4 rings (SSSR count). The second-order valence-electron chi connectivity index (χ2n) is 7.09. The first kappa shape index (κ1) is 20.0. The molecule has 0 radical (unpaired) electrons. The molecule has 0 aliphatic carbocycles. The van der Waals surface area contributed by atoms with Gasteiger partial charge in [0.25, 0.3) is 0 Å². The Hall–Kier alpha value is -3.30. The quantitative estimate of drug-likeness (QED) is 0.485. The zero-order chi connectivity index (χ0) is 21.3. The van der Waals surface area contributed by atoms with E-state index >= 15 is 0 Å². The highest BCUT2D eigenvalue weighted by atomic mass is 32.2. The lowest BCUT2D eigenvalue weighted by molar-refractivity contribution is -0.137. The number of likely N-dealkylation sites (N-methyl/N-ethyl adjacent to an activating group) is 1. The normalized spacial score (nSPS) is 12.1. The van der Waals surface area contributed by atoms with Crippen LogP contribution in [-0.4, -0.2) is 65.3 Å². The molecule has 0 saturated heterocycles. The molecule has 4 aromatic rings. The maximum Gasteiger partial charge on any atom is 0.317 e. The number of hydrogen-bond acceptors (Lipinski definition) is 6.